The number of benzene rings is 2. The average molecular weight is 260 g/mol. The highest BCUT2D eigenvalue weighted by Gasteiger charge is 2.00. The molecule has 0 fully saturated rings. The molecule has 0 radical (unpaired) electrons. The van der Waals surface area contributed by atoms with Crippen molar-refractivity contribution in [3.05, 3.63) is 42.5 Å². The van der Waals surface area contributed by atoms with Crippen LogP contribution < -0.4 is 15.8 Å². The van der Waals surface area contributed by atoms with Gasteiger partial charge in [0.1, 0.15) is 5.75 Å². The molecular formula is C14H16N2OS. The summed E-state index contributed by atoms with van der Waals surface area (Å²) in [6.07, 6.45) is 2.06. The summed E-state index contributed by atoms with van der Waals surface area (Å²) >= 11 is 1.72. The molecule has 0 aliphatic heterocycles. The lowest BCUT2D eigenvalue weighted by molar-refractivity contribution is 0.415. The van der Waals surface area contributed by atoms with Gasteiger partial charge >= 0.3 is 0 Å². The van der Waals surface area contributed by atoms with Gasteiger partial charge in [-0.1, -0.05) is 0 Å². The normalized spacial score (nSPS) is 10.1. The third-order valence-electron chi connectivity index (χ3n) is 2.54. The second-order valence-electron chi connectivity index (χ2n) is 3.85. The van der Waals surface area contributed by atoms with Crippen molar-refractivity contribution >= 4 is 28.8 Å². The van der Waals surface area contributed by atoms with Crippen molar-refractivity contribution < 1.29 is 4.74 Å². The molecule has 0 heterocycles. The Morgan fingerprint density at radius 2 is 1.78 bits per heavy atom. The maximum Gasteiger partial charge on any atom is 0.122 e. The molecule has 0 aliphatic carbocycles. The maximum atomic E-state index is 5.81. The molecule has 0 amide bonds. The second-order valence-corrected chi connectivity index (χ2v) is 4.73. The van der Waals surface area contributed by atoms with E-state index < -0.39 is 0 Å². The van der Waals surface area contributed by atoms with Crippen molar-refractivity contribution in [3.8, 4) is 5.75 Å². The first kappa shape index (κ1) is 12.6. The number of rotatable bonds is 4. The quantitative estimate of drug-likeness (QED) is 0.649. The van der Waals surface area contributed by atoms with Crippen LogP contribution in [0.25, 0.3) is 0 Å². The summed E-state index contributed by atoms with van der Waals surface area (Å²) in [6.45, 7) is 0. The van der Waals surface area contributed by atoms with E-state index in [-0.39, 0.29) is 0 Å². The zero-order valence-electron chi connectivity index (χ0n) is 10.4. The van der Waals surface area contributed by atoms with Gasteiger partial charge in [-0.2, -0.15) is 0 Å². The molecule has 3 N–H and O–H groups in total. The summed E-state index contributed by atoms with van der Waals surface area (Å²) in [4.78, 5) is 1.24. The summed E-state index contributed by atoms with van der Waals surface area (Å²) in [5.41, 5.74) is 8.44. The van der Waals surface area contributed by atoms with Gasteiger partial charge in [-0.05, 0) is 36.6 Å². The van der Waals surface area contributed by atoms with Crippen LogP contribution in [0.3, 0.4) is 0 Å². The van der Waals surface area contributed by atoms with E-state index >= 15 is 0 Å². The fourth-order valence-corrected chi connectivity index (χ4v) is 2.06. The van der Waals surface area contributed by atoms with Gasteiger partial charge in [0.15, 0.2) is 0 Å². The monoisotopic (exact) mass is 260 g/mol. The molecule has 2 aromatic rings. The highest BCUT2D eigenvalue weighted by molar-refractivity contribution is 7.98. The Morgan fingerprint density at radius 3 is 2.39 bits per heavy atom. The lowest BCUT2D eigenvalue weighted by Gasteiger charge is -2.10. The van der Waals surface area contributed by atoms with Crippen LogP contribution in [-0.2, 0) is 0 Å². The fourth-order valence-electron chi connectivity index (χ4n) is 1.65. The van der Waals surface area contributed by atoms with Crippen molar-refractivity contribution in [1.29, 1.82) is 0 Å². The second kappa shape index (κ2) is 5.69. The minimum atomic E-state index is 0.678. The van der Waals surface area contributed by atoms with Crippen LogP contribution in [0, 0.1) is 0 Å². The number of thioether (sulfide) groups is 1. The predicted octanol–water partition coefficient (Wildman–Crippen LogP) is 3.74. The van der Waals surface area contributed by atoms with Gasteiger partial charge in [-0.25, -0.2) is 0 Å². The van der Waals surface area contributed by atoms with Crippen molar-refractivity contribution in [2.45, 2.75) is 4.90 Å². The average Bonchev–Trinajstić information content (AvgIpc) is 2.39. The summed E-state index contributed by atoms with van der Waals surface area (Å²) in [6, 6.07) is 13.8. The summed E-state index contributed by atoms with van der Waals surface area (Å²) in [5.74, 6) is 0.748. The molecule has 0 saturated heterocycles. The topological polar surface area (TPSA) is 47.3 Å². The van der Waals surface area contributed by atoms with Gasteiger partial charge in [0.25, 0.3) is 0 Å². The van der Waals surface area contributed by atoms with Crippen molar-refractivity contribution in [2.75, 3.05) is 24.4 Å². The zero-order chi connectivity index (χ0) is 13.0. The molecule has 18 heavy (non-hydrogen) atoms. The van der Waals surface area contributed by atoms with Crippen LogP contribution in [0.2, 0.25) is 0 Å². The summed E-state index contributed by atoms with van der Waals surface area (Å²) in [7, 11) is 1.63. The SMILES string of the molecule is COc1cc(N)cc(Nc2ccc(SC)cc2)c1. The largest absolute Gasteiger partial charge is 0.497 e. The Balaban J connectivity index is 2.19. The molecule has 0 aliphatic rings. The lowest BCUT2D eigenvalue weighted by atomic mass is 10.2. The Bertz CT molecular complexity index is 526. The number of hydrogen-bond acceptors (Lipinski definition) is 4. The van der Waals surface area contributed by atoms with Gasteiger partial charge in [0.05, 0.1) is 7.11 Å². The van der Waals surface area contributed by atoms with Crippen LogP contribution in [0.15, 0.2) is 47.4 Å². The van der Waals surface area contributed by atoms with Gasteiger partial charge in [-0.3, -0.25) is 0 Å². The smallest absolute Gasteiger partial charge is 0.122 e. The number of methoxy groups -OCH3 is 1. The molecule has 3 nitrogen and oxygen atoms in total. The highest BCUT2D eigenvalue weighted by Crippen LogP contribution is 2.26. The van der Waals surface area contributed by atoms with Gasteiger partial charge in [-0.15, -0.1) is 11.8 Å². The third kappa shape index (κ3) is 3.11. The molecular weight excluding hydrogens is 244 g/mol. The Kier molecular flexibility index (Phi) is 3.99. The van der Waals surface area contributed by atoms with Gasteiger partial charge in [0, 0.05) is 34.1 Å². The Hall–Kier alpha value is -1.81. The molecule has 94 valence electrons. The summed E-state index contributed by atoms with van der Waals surface area (Å²) in [5, 5.41) is 3.30. The number of hydrogen-bond donors (Lipinski definition) is 2. The van der Waals surface area contributed by atoms with Crippen LogP contribution in [0.1, 0.15) is 0 Å². The maximum absolute atomic E-state index is 5.81. The van der Waals surface area contributed by atoms with Crippen molar-refractivity contribution in [1.82, 2.24) is 0 Å². The standard InChI is InChI=1S/C14H16N2OS/c1-17-13-8-10(15)7-12(9-13)16-11-3-5-14(18-2)6-4-11/h3-9,16H,15H2,1-2H3. The molecule has 0 atom stereocenters. The first-order valence-electron chi connectivity index (χ1n) is 5.57. The summed E-state index contributed by atoms with van der Waals surface area (Å²) < 4.78 is 5.19. The predicted molar refractivity (Wildman–Crippen MR) is 78.9 cm³/mol. The molecule has 0 saturated carbocycles. The van der Waals surface area contributed by atoms with E-state index in [1.807, 2.05) is 24.3 Å². The minimum absolute atomic E-state index is 0.678. The van der Waals surface area contributed by atoms with Crippen LogP contribution in [0.5, 0.6) is 5.75 Å². The molecule has 2 aromatic carbocycles. The number of nitrogens with two attached hydrogens (primary N) is 1. The van der Waals surface area contributed by atoms with Gasteiger partial charge in [0.2, 0.25) is 0 Å². The van der Waals surface area contributed by atoms with Crippen LogP contribution >= 0.6 is 11.8 Å². The number of anilines is 3. The number of ether oxygens (including phenoxy) is 1. The molecule has 0 spiro atoms. The number of nitrogen functional groups attached to an aromatic ring is 1. The van der Waals surface area contributed by atoms with Crippen molar-refractivity contribution in [2.24, 2.45) is 0 Å². The molecule has 0 aromatic heterocycles. The zero-order valence-corrected chi connectivity index (χ0v) is 11.3. The fraction of sp³-hybridized carbons (Fsp3) is 0.143. The first-order valence-corrected chi connectivity index (χ1v) is 6.79. The lowest BCUT2D eigenvalue weighted by Crippen LogP contribution is -1.94. The van der Waals surface area contributed by atoms with E-state index in [1.54, 1.807) is 24.9 Å². The van der Waals surface area contributed by atoms with E-state index in [0.29, 0.717) is 5.69 Å². The molecule has 0 unspecified atom stereocenters. The minimum Gasteiger partial charge on any atom is -0.497 e. The Labute approximate surface area is 111 Å². The van der Waals surface area contributed by atoms with E-state index in [2.05, 4.69) is 23.7 Å². The first-order chi connectivity index (χ1) is 8.71. The van der Waals surface area contributed by atoms with Gasteiger partial charge < -0.3 is 15.8 Å². The van der Waals surface area contributed by atoms with E-state index in [4.69, 9.17) is 10.5 Å². The molecule has 0 bridgehead atoms. The van der Waals surface area contributed by atoms with E-state index in [1.165, 1.54) is 4.90 Å². The molecule has 2 rings (SSSR count). The van der Waals surface area contributed by atoms with E-state index in [0.717, 1.165) is 17.1 Å². The number of nitrogens with one attached hydrogen (secondary N) is 1. The van der Waals surface area contributed by atoms with Crippen LogP contribution in [0.4, 0.5) is 17.1 Å². The van der Waals surface area contributed by atoms with Crippen LogP contribution in [-0.4, -0.2) is 13.4 Å². The van der Waals surface area contributed by atoms with E-state index in [9.17, 15) is 0 Å². The third-order valence-corrected chi connectivity index (χ3v) is 3.29. The highest BCUT2D eigenvalue weighted by atomic mass is 32.2. The Morgan fingerprint density at radius 1 is 1.06 bits per heavy atom. The van der Waals surface area contributed by atoms with Crippen molar-refractivity contribution in [3.63, 3.8) is 0 Å². The molecule has 4 heteroatoms.